The fraction of sp³-hybridized carbons (Fsp3) is 0.250. The zero-order valence-electron chi connectivity index (χ0n) is 15.7. The second kappa shape index (κ2) is 10.2. The molecule has 0 aliphatic carbocycles. The first-order chi connectivity index (χ1) is 13.8. The third-order valence-electron chi connectivity index (χ3n) is 3.89. The van der Waals surface area contributed by atoms with E-state index in [4.69, 9.17) is 9.47 Å². The van der Waals surface area contributed by atoms with Gasteiger partial charge < -0.3 is 20.1 Å². The quantitative estimate of drug-likeness (QED) is 0.525. The molecule has 8 nitrogen and oxygen atoms in total. The minimum atomic E-state index is -0.290. The molecule has 0 bridgehead atoms. The lowest BCUT2D eigenvalue weighted by Gasteiger charge is -2.12. The number of rotatable bonds is 10. The molecule has 146 valence electrons. The fourth-order valence-corrected chi connectivity index (χ4v) is 2.48. The number of methoxy groups -OCH3 is 1. The van der Waals surface area contributed by atoms with E-state index in [1.54, 1.807) is 42.5 Å². The minimum Gasteiger partial charge on any atom is -0.382 e. The predicted octanol–water partition coefficient (Wildman–Crippen LogP) is 2.94. The average molecular weight is 381 g/mol. The van der Waals surface area contributed by atoms with E-state index in [0.29, 0.717) is 43.4 Å². The Hall–Kier alpha value is -3.23. The van der Waals surface area contributed by atoms with Crippen LogP contribution in [0, 0.1) is 0 Å². The van der Waals surface area contributed by atoms with Crippen LogP contribution in [0.5, 0.6) is 0 Å². The zero-order chi connectivity index (χ0) is 19.6. The highest BCUT2D eigenvalue weighted by atomic mass is 16.5. The Morgan fingerprint density at radius 3 is 2.75 bits per heavy atom. The standard InChI is InChI=1S/C20H23N5O3/c1-27-13-14-28-12-11-25-10-8-18(24-25)20(26)23-17-7-9-21-15-19(17)22-16-5-3-2-4-6-16/h2-10,15,22H,11-14H2,1H3,(H,21,23,26). The fourth-order valence-electron chi connectivity index (χ4n) is 2.48. The van der Waals surface area contributed by atoms with Crippen LogP contribution in [0.2, 0.25) is 0 Å². The topological polar surface area (TPSA) is 90.3 Å². The number of amides is 1. The molecule has 2 heterocycles. The minimum absolute atomic E-state index is 0.290. The molecule has 0 saturated heterocycles. The smallest absolute Gasteiger partial charge is 0.276 e. The van der Waals surface area contributed by atoms with Gasteiger partial charge in [-0.05, 0) is 24.3 Å². The van der Waals surface area contributed by atoms with Gasteiger partial charge in [0.1, 0.15) is 0 Å². The van der Waals surface area contributed by atoms with E-state index in [9.17, 15) is 4.79 Å². The molecule has 2 N–H and O–H groups in total. The van der Waals surface area contributed by atoms with Gasteiger partial charge in [0, 0.05) is 25.2 Å². The maximum absolute atomic E-state index is 12.6. The van der Waals surface area contributed by atoms with E-state index in [1.165, 1.54) is 0 Å². The van der Waals surface area contributed by atoms with E-state index in [-0.39, 0.29) is 5.91 Å². The molecule has 0 aliphatic rings. The molecule has 2 aromatic heterocycles. The van der Waals surface area contributed by atoms with Crippen LogP contribution in [-0.2, 0) is 16.0 Å². The van der Waals surface area contributed by atoms with Crippen LogP contribution < -0.4 is 10.6 Å². The summed E-state index contributed by atoms with van der Waals surface area (Å²) in [7, 11) is 1.63. The van der Waals surface area contributed by atoms with Crippen molar-refractivity contribution < 1.29 is 14.3 Å². The Morgan fingerprint density at radius 2 is 1.93 bits per heavy atom. The first-order valence-corrected chi connectivity index (χ1v) is 8.94. The molecule has 0 spiro atoms. The molecular weight excluding hydrogens is 358 g/mol. The first kappa shape index (κ1) is 19.5. The van der Waals surface area contributed by atoms with Crippen molar-refractivity contribution >= 4 is 23.0 Å². The molecular formula is C20H23N5O3. The van der Waals surface area contributed by atoms with Gasteiger partial charge in [0.15, 0.2) is 5.69 Å². The number of para-hydroxylation sites is 1. The second-order valence-corrected chi connectivity index (χ2v) is 5.94. The largest absolute Gasteiger partial charge is 0.382 e. The Labute approximate surface area is 163 Å². The number of pyridine rings is 1. The lowest BCUT2D eigenvalue weighted by molar-refractivity contribution is 0.0653. The van der Waals surface area contributed by atoms with Crippen LogP contribution in [-0.4, -0.2) is 47.6 Å². The molecule has 1 amide bonds. The maximum Gasteiger partial charge on any atom is 0.276 e. The van der Waals surface area contributed by atoms with Gasteiger partial charge in [-0.1, -0.05) is 18.2 Å². The van der Waals surface area contributed by atoms with Crippen molar-refractivity contribution in [3.63, 3.8) is 0 Å². The van der Waals surface area contributed by atoms with Gasteiger partial charge in [-0.2, -0.15) is 5.10 Å². The third-order valence-corrected chi connectivity index (χ3v) is 3.89. The molecule has 0 radical (unpaired) electrons. The molecule has 0 aliphatic heterocycles. The van der Waals surface area contributed by atoms with E-state index >= 15 is 0 Å². The molecule has 0 unspecified atom stereocenters. The van der Waals surface area contributed by atoms with Gasteiger partial charge in [0.2, 0.25) is 0 Å². The number of aromatic nitrogens is 3. The van der Waals surface area contributed by atoms with Crippen LogP contribution in [0.25, 0.3) is 0 Å². The summed E-state index contributed by atoms with van der Waals surface area (Å²) in [6.45, 7) is 2.15. The van der Waals surface area contributed by atoms with Gasteiger partial charge in [0.25, 0.3) is 5.91 Å². The summed E-state index contributed by atoms with van der Waals surface area (Å²) in [6, 6.07) is 13.1. The van der Waals surface area contributed by atoms with Crippen molar-refractivity contribution in [3.8, 4) is 0 Å². The molecule has 28 heavy (non-hydrogen) atoms. The van der Waals surface area contributed by atoms with Crippen LogP contribution in [0.15, 0.2) is 61.1 Å². The van der Waals surface area contributed by atoms with Gasteiger partial charge in [-0.15, -0.1) is 0 Å². The normalized spacial score (nSPS) is 10.6. The van der Waals surface area contributed by atoms with E-state index < -0.39 is 0 Å². The van der Waals surface area contributed by atoms with Crippen molar-refractivity contribution in [2.24, 2.45) is 0 Å². The van der Waals surface area contributed by atoms with Crippen LogP contribution in [0.4, 0.5) is 17.1 Å². The summed E-state index contributed by atoms with van der Waals surface area (Å²) < 4.78 is 12.0. The first-order valence-electron chi connectivity index (χ1n) is 8.94. The van der Waals surface area contributed by atoms with Gasteiger partial charge in [-0.3, -0.25) is 14.5 Å². The highest BCUT2D eigenvalue weighted by molar-refractivity contribution is 6.04. The highest BCUT2D eigenvalue weighted by Gasteiger charge is 2.12. The monoisotopic (exact) mass is 381 g/mol. The van der Waals surface area contributed by atoms with Crippen LogP contribution in [0.3, 0.4) is 0 Å². The van der Waals surface area contributed by atoms with Crippen molar-refractivity contribution in [1.82, 2.24) is 14.8 Å². The number of nitrogens with one attached hydrogen (secondary N) is 2. The summed E-state index contributed by atoms with van der Waals surface area (Å²) in [6.07, 6.45) is 5.05. The Kier molecular flexibility index (Phi) is 7.11. The average Bonchev–Trinajstić information content (AvgIpc) is 3.19. The molecule has 0 saturated carbocycles. The van der Waals surface area contributed by atoms with E-state index in [2.05, 4.69) is 20.7 Å². The number of anilines is 3. The van der Waals surface area contributed by atoms with Crippen molar-refractivity contribution in [2.45, 2.75) is 6.54 Å². The van der Waals surface area contributed by atoms with Crippen LogP contribution >= 0.6 is 0 Å². The molecule has 0 atom stereocenters. The van der Waals surface area contributed by atoms with Crippen molar-refractivity contribution in [2.75, 3.05) is 37.6 Å². The lowest BCUT2D eigenvalue weighted by atomic mass is 10.2. The predicted molar refractivity (Wildman–Crippen MR) is 107 cm³/mol. The molecule has 1 aromatic carbocycles. The van der Waals surface area contributed by atoms with Gasteiger partial charge in [0.05, 0.1) is 43.9 Å². The zero-order valence-corrected chi connectivity index (χ0v) is 15.7. The molecule has 8 heteroatoms. The summed E-state index contributed by atoms with van der Waals surface area (Å²) >= 11 is 0. The summed E-state index contributed by atoms with van der Waals surface area (Å²) in [4.78, 5) is 16.7. The lowest BCUT2D eigenvalue weighted by Crippen LogP contribution is -2.15. The number of carbonyl (C=O) groups excluding carboxylic acids is 1. The third kappa shape index (κ3) is 5.63. The molecule has 3 aromatic rings. The summed E-state index contributed by atoms with van der Waals surface area (Å²) in [5.41, 5.74) is 2.57. The SMILES string of the molecule is COCCOCCn1ccc(C(=O)Nc2ccncc2Nc2ccccc2)n1. The van der Waals surface area contributed by atoms with Gasteiger partial charge >= 0.3 is 0 Å². The Balaban J connectivity index is 1.59. The molecule has 3 rings (SSSR count). The van der Waals surface area contributed by atoms with Crippen LogP contribution in [0.1, 0.15) is 10.5 Å². The molecule has 0 fully saturated rings. The Morgan fingerprint density at radius 1 is 1.07 bits per heavy atom. The van der Waals surface area contributed by atoms with E-state index in [1.807, 2.05) is 30.3 Å². The maximum atomic E-state index is 12.6. The number of hydrogen-bond donors (Lipinski definition) is 2. The van der Waals surface area contributed by atoms with E-state index in [0.717, 1.165) is 5.69 Å². The number of nitrogens with zero attached hydrogens (tertiary/aromatic N) is 3. The number of benzene rings is 1. The number of hydrogen-bond acceptors (Lipinski definition) is 6. The van der Waals surface area contributed by atoms with Crippen molar-refractivity contribution in [3.05, 3.63) is 66.7 Å². The summed E-state index contributed by atoms with van der Waals surface area (Å²) in [5, 5.41) is 10.4. The Bertz CT molecular complexity index is 882. The van der Waals surface area contributed by atoms with Gasteiger partial charge in [-0.25, -0.2) is 0 Å². The summed E-state index contributed by atoms with van der Waals surface area (Å²) in [5.74, 6) is -0.290. The second-order valence-electron chi connectivity index (χ2n) is 5.94. The number of carbonyl (C=O) groups is 1. The highest BCUT2D eigenvalue weighted by Crippen LogP contribution is 2.24. The number of ether oxygens (including phenoxy) is 2. The van der Waals surface area contributed by atoms with Crippen molar-refractivity contribution in [1.29, 1.82) is 0 Å².